The zero-order chi connectivity index (χ0) is 23.5. The van der Waals surface area contributed by atoms with Crippen LogP contribution in [0.3, 0.4) is 0 Å². The molecule has 4 amide bonds. The summed E-state index contributed by atoms with van der Waals surface area (Å²) in [4.78, 5) is 55.4. The van der Waals surface area contributed by atoms with Crippen molar-refractivity contribution in [3.63, 3.8) is 0 Å². The number of rotatable bonds is 8. The quantitative estimate of drug-likeness (QED) is 0.349. The van der Waals surface area contributed by atoms with E-state index >= 15 is 0 Å². The molecule has 3 rings (SSSR count). The number of likely N-dealkylation sites (N-methyl/N-ethyl adjacent to an activating group) is 2. The van der Waals surface area contributed by atoms with Crippen molar-refractivity contribution in [3.8, 4) is 0 Å². The van der Waals surface area contributed by atoms with Gasteiger partial charge in [0, 0.05) is 38.8 Å². The number of hydrogen-bond donors (Lipinski definition) is 2. The molecule has 0 saturated carbocycles. The number of carbonyl (C=O) groups excluding carboxylic acids is 4. The van der Waals surface area contributed by atoms with Crippen molar-refractivity contribution in [1.29, 1.82) is 0 Å². The van der Waals surface area contributed by atoms with Crippen molar-refractivity contribution < 1.29 is 28.0 Å². The highest BCUT2D eigenvalue weighted by atomic mass is 28.4. The summed E-state index contributed by atoms with van der Waals surface area (Å²) in [6.07, 6.45) is 2.33. The molecule has 3 aliphatic rings. The van der Waals surface area contributed by atoms with E-state index in [0.717, 1.165) is 0 Å². The summed E-state index contributed by atoms with van der Waals surface area (Å²) in [5.41, 5.74) is 0. The number of nitrogens with one attached hydrogen (secondary N) is 2. The zero-order valence-corrected chi connectivity index (χ0v) is 21.3. The Hall–Kier alpha value is -1.85. The third kappa shape index (κ3) is 6.35. The van der Waals surface area contributed by atoms with Gasteiger partial charge in [-0.3, -0.25) is 29.0 Å². The first-order valence-electron chi connectivity index (χ1n) is 10.7. The second-order valence-electron chi connectivity index (χ2n) is 9.37. The molecule has 3 heterocycles. The number of piperazine rings is 1. The molecule has 0 aromatic heterocycles. The molecule has 2 N–H and O–H groups in total. The molecule has 3 aliphatic heterocycles. The molecular weight excluding hydrogens is 452 g/mol. The van der Waals surface area contributed by atoms with Gasteiger partial charge in [-0.2, -0.15) is 0 Å². The van der Waals surface area contributed by atoms with Crippen molar-refractivity contribution >= 4 is 40.3 Å². The molecule has 2 atom stereocenters. The molecule has 0 aliphatic carbocycles. The predicted octanol–water partition coefficient (Wildman–Crippen LogP) is -2.96. The van der Waals surface area contributed by atoms with Gasteiger partial charge in [0.1, 0.15) is 0 Å². The molecule has 0 bridgehead atoms. The Morgan fingerprint density at radius 1 is 1.09 bits per heavy atom. The average molecular weight is 487 g/mol. The molecular formula is C18H34N6O6Si2. The fourth-order valence-corrected chi connectivity index (χ4v) is 10.5. The summed E-state index contributed by atoms with van der Waals surface area (Å²) >= 11 is 0. The first-order valence-corrected chi connectivity index (χ1v) is 16.4. The highest BCUT2D eigenvalue weighted by Crippen LogP contribution is 2.20. The van der Waals surface area contributed by atoms with E-state index in [4.69, 9.17) is 8.85 Å². The van der Waals surface area contributed by atoms with Gasteiger partial charge in [0.2, 0.25) is 40.3 Å². The molecule has 0 aromatic rings. The molecule has 32 heavy (non-hydrogen) atoms. The molecule has 3 fully saturated rings. The summed E-state index contributed by atoms with van der Waals surface area (Å²) in [5, 5.41) is 5.16. The van der Waals surface area contributed by atoms with Gasteiger partial charge in [-0.15, -0.1) is 0 Å². The smallest absolute Gasteiger partial charge is 0.242 e. The normalized spacial score (nSPS) is 29.3. The molecule has 3 saturated heterocycles. The van der Waals surface area contributed by atoms with Gasteiger partial charge in [-0.1, -0.05) is 0 Å². The molecule has 180 valence electrons. The molecule has 0 radical (unpaired) electrons. The SMILES string of the molecule is CNC(=O)CN1CO[Si](C)(CN(C)C(=O)CN2CO[Si](C)(CN3CC(=O)NCC3=O)C2)C1. The largest absolute Gasteiger partial charge is 0.401 e. The van der Waals surface area contributed by atoms with E-state index in [1.165, 1.54) is 0 Å². The van der Waals surface area contributed by atoms with Gasteiger partial charge >= 0.3 is 0 Å². The Bertz CT molecular complexity index is 774. The van der Waals surface area contributed by atoms with Crippen LogP contribution in [0.25, 0.3) is 0 Å². The van der Waals surface area contributed by atoms with Gasteiger partial charge in [-0.25, -0.2) is 0 Å². The Labute approximate surface area is 190 Å². The van der Waals surface area contributed by atoms with Crippen LogP contribution in [0.15, 0.2) is 0 Å². The van der Waals surface area contributed by atoms with Crippen LogP contribution in [0.1, 0.15) is 0 Å². The molecule has 2 unspecified atom stereocenters. The van der Waals surface area contributed by atoms with E-state index in [-0.39, 0.29) is 43.3 Å². The number of hydrogen-bond acceptors (Lipinski definition) is 8. The van der Waals surface area contributed by atoms with Gasteiger partial charge in [0.05, 0.1) is 39.6 Å². The van der Waals surface area contributed by atoms with Crippen LogP contribution < -0.4 is 10.6 Å². The lowest BCUT2D eigenvalue weighted by molar-refractivity contribution is -0.139. The maximum absolute atomic E-state index is 12.8. The first kappa shape index (κ1) is 24.8. The Kier molecular flexibility index (Phi) is 7.72. The van der Waals surface area contributed by atoms with Gasteiger partial charge < -0.3 is 29.3 Å². The molecule has 12 nitrogen and oxygen atoms in total. The summed E-state index contributed by atoms with van der Waals surface area (Å²) in [5.74, 6) is -0.322. The number of carbonyl (C=O) groups is 4. The van der Waals surface area contributed by atoms with Crippen LogP contribution in [0, 0.1) is 0 Å². The van der Waals surface area contributed by atoms with Crippen LogP contribution >= 0.6 is 0 Å². The highest BCUT2D eigenvalue weighted by Gasteiger charge is 2.43. The summed E-state index contributed by atoms with van der Waals surface area (Å²) in [6.45, 7) is 5.50. The minimum Gasteiger partial charge on any atom is -0.401 e. The third-order valence-corrected chi connectivity index (χ3v) is 12.0. The Morgan fingerprint density at radius 2 is 1.72 bits per heavy atom. The maximum atomic E-state index is 12.8. The van der Waals surface area contributed by atoms with Crippen LogP contribution in [-0.4, -0.2) is 138 Å². The van der Waals surface area contributed by atoms with E-state index < -0.39 is 16.6 Å². The predicted molar refractivity (Wildman–Crippen MR) is 120 cm³/mol. The van der Waals surface area contributed by atoms with E-state index in [9.17, 15) is 19.2 Å². The van der Waals surface area contributed by atoms with Crippen LogP contribution in [0.5, 0.6) is 0 Å². The van der Waals surface area contributed by atoms with Crippen molar-refractivity contribution in [2.24, 2.45) is 0 Å². The average Bonchev–Trinajstić information content (AvgIpc) is 3.26. The van der Waals surface area contributed by atoms with E-state index in [0.29, 0.717) is 44.7 Å². The third-order valence-electron chi connectivity index (χ3n) is 5.96. The second kappa shape index (κ2) is 9.97. The van der Waals surface area contributed by atoms with E-state index in [2.05, 4.69) is 17.2 Å². The first-order chi connectivity index (χ1) is 15.0. The number of nitrogens with zero attached hydrogens (tertiary/aromatic N) is 4. The van der Waals surface area contributed by atoms with E-state index in [1.54, 1.807) is 23.9 Å². The van der Waals surface area contributed by atoms with Crippen molar-refractivity contribution in [2.45, 2.75) is 13.1 Å². The summed E-state index contributed by atoms with van der Waals surface area (Å²) in [7, 11) is -1.03. The molecule has 0 spiro atoms. The van der Waals surface area contributed by atoms with Crippen molar-refractivity contribution in [2.75, 3.05) is 78.4 Å². The lowest BCUT2D eigenvalue weighted by Crippen LogP contribution is -2.58. The maximum Gasteiger partial charge on any atom is 0.242 e. The van der Waals surface area contributed by atoms with Gasteiger partial charge in [-0.05, 0) is 13.1 Å². The highest BCUT2D eigenvalue weighted by molar-refractivity contribution is 6.74. The lowest BCUT2D eigenvalue weighted by Gasteiger charge is -2.32. The summed E-state index contributed by atoms with van der Waals surface area (Å²) in [6, 6.07) is 0. The van der Waals surface area contributed by atoms with Gasteiger partial charge in [0.25, 0.3) is 0 Å². The van der Waals surface area contributed by atoms with Gasteiger partial charge in [0.15, 0.2) is 0 Å². The summed E-state index contributed by atoms with van der Waals surface area (Å²) < 4.78 is 12.1. The minimum atomic E-state index is -2.27. The minimum absolute atomic E-state index is 0.0117. The topological polar surface area (TPSA) is 124 Å². The lowest BCUT2D eigenvalue weighted by atomic mass is 10.4. The molecule has 0 aromatic carbocycles. The zero-order valence-electron chi connectivity index (χ0n) is 19.3. The van der Waals surface area contributed by atoms with Crippen LogP contribution in [0.2, 0.25) is 13.1 Å². The fraction of sp³-hybridized carbons (Fsp3) is 0.778. The van der Waals surface area contributed by atoms with Crippen molar-refractivity contribution in [1.82, 2.24) is 30.2 Å². The van der Waals surface area contributed by atoms with Crippen molar-refractivity contribution in [3.05, 3.63) is 0 Å². The standard InChI is InChI=1S/C18H34N6O6Si2/c1-19-15(25)6-22-9-29-31(3,12-22)11-21(2)18(28)8-23-10-30-32(4,13-23)14-24-7-16(26)20-5-17(24)27/h5-14H2,1-4H3,(H,19,25)(H,20,26). The van der Waals surface area contributed by atoms with Crippen LogP contribution in [0.4, 0.5) is 0 Å². The number of amides is 4. The second-order valence-corrected chi connectivity index (χ2v) is 17.0. The Balaban J connectivity index is 1.46. The monoisotopic (exact) mass is 486 g/mol. The van der Waals surface area contributed by atoms with Crippen LogP contribution in [-0.2, 0) is 28.0 Å². The Morgan fingerprint density at radius 3 is 2.41 bits per heavy atom. The van der Waals surface area contributed by atoms with E-state index in [1.807, 2.05) is 16.3 Å². The fourth-order valence-electron chi connectivity index (χ4n) is 4.35. The molecule has 14 heteroatoms.